The molecular formula is C16H23NO6S. The zero-order chi connectivity index (χ0) is 18.0. The van der Waals surface area contributed by atoms with Crippen LogP contribution in [0.25, 0.3) is 0 Å². The van der Waals surface area contributed by atoms with Crippen molar-refractivity contribution in [1.82, 2.24) is 5.32 Å². The molecule has 2 rings (SSSR count). The Bertz CT molecular complexity index is 686. The Hall–Kier alpha value is -1.64. The molecule has 1 amide bonds. The van der Waals surface area contributed by atoms with Crippen molar-refractivity contribution in [3.05, 3.63) is 29.8 Å². The monoisotopic (exact) mass is 357 g/mol. The number of carbonyl (C=O) groups is 1. The van der Waals surface area contributed by atoms with Gasteiger partial charge in [0.1, 0.15) is 11.1 Å². The van der Waals surface area contributed by atoms with Gasteiger partial charge in [0.2, 0.25) is 0 Å². The molecule has 7 nitrogen and oxygen atoms in total. The van der Waals surface area contributed by atoms with Gasteiger partial charge in [-0.05, 0) is 39.8 Å². The first kappa shape index (κ1) is 18.7. The highest BCUT2D eigenvalue weighted by molar-refractivity contribution is 7.86. The van der Waals surface area contributed by atoms with Crippen molar-refractivity contribution >= 4 is 16.2 Å². The van der Waals surface area contributed by atoms with Crippen molar-refractivity contribution in [2.45, 2.75) is 43.7 Å². The fraction of sp³-hybridized carbons (Fsp3) is 0.562. The lowest BCUT2D eigenvalue weighted by Gasteiger charge is -2.41. The molecule has 0 aromatic heterocycles. The first-order valence-corrected chi connectivity index (χ1v) is 8.97. The molecule has 1 N–H and O–H groups in total. The van der Waals surface area contributed by atoms with E-state index >= 15 is 0 Å². The van der Waals surface area contributed by atoms with Gasteiger partial charge in [0, 0.05) is 0 Å². The number of benzene rings is 1. The second-order valence-corrected chi connectivity index (χ2v) is 8.54. The smallest absolute Gasteiger partial charge is 0.408 e. The lowest BCUT2D eigenvalue weighted by Crippen LogP contribution is -2.65. The topological polar surface area (TPSA) is 90.9 Å². The minimum atomic E-state index is -3.91. The van der Waals surface area contributed by atoms with E-state index in [1.165, 1.54) is 12.1 Å². The van der Waals surface area contributed by atoms with Gasteiger partial charge >= 0.3 is 6.09 Å². The molecule has 0 radical (unpaired) electrons. The highest BCUT2D eigenvalue weighted by Gasteiger charge is 2.43. The molecule has 1 fully saturated rings. The van der Waals surface area contributed by atoms with Crippen LogP contribution >= 0.6 is 0 Å². The fourth-order valence-electron chi connectivity index (χ4n) is 2.02. The fourth-order valence-corrected chi connectivity index (χ4v) is 3.01. The molecule has 1 aromatic carbocycles. The molecule has 0 saturated carbocycles. The van der Waals surface area contributed by atoms with E-state index in [1.54, 1.807) is 32.9 Å². The standard InChI is InChI=1S/C16H23NO6S/c1-12-5-7-13(8-6-12)24(19,20)22-11-16(9-21-10-16)17-14(18)23-15(2,3)4/h5-8H,9-11H2,1-4H3,(H,17,18). The van der Waals surface area contributed by atoms with E-state index in [2.05, 4.69) is 5.32 Å². The van der Waals surface area contributed by atoms with Gasteiger partial charge in [-0.15, -0.1) is 0 Å². The van der Waals surface area contributed by atoms with Crippen LogP contribution in [0.2, 0.25) is 0 Å². The van der Waals surface area contributed by atoms with Crippen LogP contribution in [0.5, 0.6) is 0 Å². The van der Waals surface area contributed by atoms with E-state index in [0.717, 1.165) is 5.56 Å². The second-order valence-electron chi connectivity index (χ2n) is 6.93. The van der Waals surface area contributed by atoms with E-state index in [-0.39, 0.29) is 24.7 Å². The molecule has 0 aliphatic carbocycles. The molecule has 134 valence electrons. The average Bonchev–Trinajstić information content (AvgIpc) is 2.40. The SMILES string of the molecule is Cc1ccc(S(=O)(=O)OCC2(NC(=O)OC(C)(C)C)COC2)cc1. The quantitative estimate of drug-likeness (QED) is 0.811. The van der Waals surface area contributed by atoms with Gasteiger partial charge in [-0.3, -0.25) is 4.18 Å². The predicted octanol–water partition coefficient (Wildman–Crippen LogP) is 1.99. The summed E-state index contributed by atoms with van der Waals surface area (Å²) in [5.41, 5.74) is -0.602. The van der Waals surface area contributed by atoms with Gasteiger partial charge in [-0.25, -0.2) is 4.79 Å². The van der Waals surface area contributed by atoms with Crippen molar-refractivity contribution in [3.8, 4) is 0 Å². The molecule has 0 bridgehead atoms. The van der Waals surface area contributed by atoms with Gasteiger partial charge < -0.3 is 14.8 Å². The van der Waals surface area contributed by atoms with Gasteiger partial charge in [0.05, 0.1) is 24.7 Å². The van der Waals surface area contributed by atoms with Crippen molar-refractivity contribution in [1.29, 1.82) is 0 Å². The number of amides is 1. The first-order valence-electron chi connectivity index (χ1n) is 7.56. The molecule has 0 atom stereocenters. The van der Waals surface area contributed by atoms with Crippen molar-refractivity contribution < 1.29 is 26.9 Å². The highest BCUT2D eigenvalue weighted by atomic mass is 32.2. The van der Waals surface area contributed by atoms with E-state index in [1.807, 2.05) is 6.92 Å². The predicted molar refractivity (Wildman–Crippen MR) is 87.2 cm³/mol. The Morgan fingerprint density at radius 1 is 1.25 bits per heavy atom. The molecule has 0 unspecified atom stereocenters. The summed E-state index contributed by atoms with van der Waals surface area (Å²) >= 11 is 0. The number of alkyl carbamates (subject to hydrolysis) is 1. The number of ether oxygens (including phenoxy) is 2. The summed E-state index contributed by atoms with van der Waals surface area (Å²) in [6, 6.07) is 6.35. The number of hydrogen-bond donors (Lipinski definition) is 1. The van der Waals surface area contributed by atoms with Crippen molar-refractivity contribution in [2.75, 3.05) is 19.8 Å². The van der Waals surface area contributed by atoms with E-state index in [4.69, 9.17) is 13.7 Å². The zero-order valence-corrected chi connectivity index (χ0v) is 15.1. The minimum Gasteiger partial charge on any atom is -0.444 e. The normalized spacial score (nSPS) is 17.0. The Balaban J connectivity index is 2.00. The highest BCUT2D eigenvalue weighted by Crippen LogP contribution is 2.22. The minimum absolute atomic E-state index is 0.0701. The molecule has 1 saturated heterocycles. The summed E-state index contributed by atoms with van der Waals surface area (Å²) in [4.78, 5) is 12.0. The van der Waals surface area contributed by atoms with Gasteiger partial charge in [0.15, 0.2) is 0 Å². The van der Waals surface area contributed by atoms with Crippen molar-refractivity contribution in [2.24, 2.45) is 0 Å². The maximum absolute atomic E-state index is 12.2. The summed E-state index contributed by atoms with van der Waals surface area (Å²) in [5, 5.41) is 2.64. The summed E-state index contributed by atoms with van der Waals surface area (Å²) in [7, 11) is -3.91. The maximum Gasteiger partial charge on any atom is 0.408 e. The molecule has 1 aliphatic rings. The Morgan fingerprint density at radius 3 is 2.29 bits per heavy atom. The van der Waals surface area contributed by atoms with E-state index < -0.39 is 27.4 Å². The van der Waals surface area contributed by atoms with Crippen LogP contribution in [0.15, 0.2) is 29.2 Å². The number of rotatable bonds is 5. The molecule has 1 aromatic rings. The lowest BCUT2D eigenvalue weighted by molar-refractivity contribution is -0.0922. The number of carbonyl (C=O) groups excluding carboxylic acids is 1. The van der Waals surface area contributed by atoms with Gasteiger partial charge in [0.25, 0.3) is 10.1 Å². The van der Waals surface area contributed by atoms with Gasteiger partial charge in [-0.1, -0.05) is 17.7 Å². The summed E-state index contributed by atoms with van der Waals surface area (Å²) in [5.74, 6) is 0. The third-order valence-electron chi connectivity index (χ3n) is 3.32. The first-order chi connectivity index (χ1) is 11.0. The van der Waals surface area contributed by atoms with Crippen LogP contribution < -0.4 is 5.32 Å². The Morgan fingerprint density at radius 2 is 1.83 bits per heavy atom. The van der Waals surface area contributed by atoms with Crippen LogP contribution in [0, 0.1) is 6.92 Å². The molecule has 1 aliphatic heterocycles. The van der Waals surface area contributed by atoms with Crippen LogP contribution in [0.3, 0.4) is 0 Å². The summed E-state index contributed by atoms with van der Waals surface area (Å²) in [6.45, 7) is 7.20. The molecule has 8 heteroatoms. The van der Waals surface area contributed by atoms with Crippen LogP contribution in [0.4, 0.5) is 4.79 Å². The molecule has 24 heavy (non-hydrogen) atoms. The molecular weight excluding hydrogens is 334 g/mol. The molecule has 0 spiro atoms. The summed E-state index contributed by atoms with van der Waals surface area (Å²) in [6.07, 6.45) is -0.637. The number of aryl methyl sites for hydroxylation is 1. The van der Waals surface area contributed by atoms with E-state index in [9.17, 15) is 13.2 Å². The maximum atomic E-state index is 12.2. The van der Waals surface area contributed by atoms with Crippen molar-refractivity contribution in [3.63, 3.8) is 0 Å². The number of nitrogens with one attached hydrogen (secondary N) is 1. The average molecular weight is 357 g/mol. The largest absolute Gasteiger partial charge is 0.444 e. The van der Waals surface area contributed by atoms with Gasteiger partial charge in [-0.2, -0.15) is 8.42 Å². The lowest BCUT2D eigenvalue weighted by atomic mass is 9.99. The zero-order valence-electron chi connectivity index (χ0n) is 14.3. The van der Waals surface area contributed by atoms with Crippen LogP contribution in [-0.4, -0.2) is 45.5 Å². The Labute approximate surface area is 142 Å². The third kappa shape index (κ3) is 4.93. The van der Waals surface area contributed by atoms with Crippen LogP contribution in [0.1, 0.15) is 26.3 Å². The molecule has 1 heterocycles. The Kier molecular flexibility index (Phi) is 5.22. The third-order valence-corrected chi connectivity index (χ3v) is 4.60. The van der Waals surface area contributed by atoms with Crippen LogP contribution in [-0.2, 0) is 23.8 Å². The number of hydrogen-bond acceptors (Lipinski definition) is 6. The summed E-state index contributed by atoms with van der Waals surface area (Å²) < 4.78 is 39.9. The van der Waals surface area contributed by atoms with E-state index in [0.29, 0.717) is 0 Å². The second kappa shape index (κ2) is 6.70.